The van der Waals surface area contributed by atoms with Crippen molar-refractivity contribution in [2.24, 2.45) is 0 Å². The van der Waals surface area contributed by atoms with Crippen LogP contribution in [-0.2, 0) is 6.42 Å². The number of urea groups is 1. The molecule has 2 amide bonds. The van der Waals surface area contributed by atoms with Crippen molar-refractivity contribution in [3.05, 3.63) is 54.1 Å². The minimum atomic E-state index is -0.193. The minimum Gasteiger partial charge on any atom is -0.339 e. The van der Waals surface area contributed by atoms with Crippen LogP contribution in [-0.4, -0.2) is 44.6 Å². The fourth-order valence-corrected chi connectivity index (χ4v) is 2.83. The number of nitrogens with zero attached hydrogens (tertiary/aromatic N) is 5. The number of amides is 2. The van der Waals surface area contributed by atoms with E-state index in [4.69, 9.17) is 4.52 Å². The average Bonchev–Trinajstić information content (AvgIpc) is 3.44. The second-order valence-electron chi connectivity index (χ2n) is 6.99. The Labute approximate surface area is 163 Å². The van der Waals surface area contributed by atoms with E-state index in [-0.39, 0.29) is 6.03 Å². The summed E-state index contributed by atoms with van der Waals surface area (Å²) >= 11 is 0. The molecule has 1 aliphatic rings. The zero-order valence-corrected chi connectivity index (χ0v) is 15.9. The van der Waals surface area contributed by atoms with E-state index in [1.165, 1.54) is 0 Å². The second kappa shape index (κ2) is 7.75. The topological polar surface area (TPSA) is 97.0 Å². The molecule has 1 fully saturated rings. The van der Waals surface area contributed by atoms with Crippen LogP contribution < -0.4 is 5.32 Å². The maximum absolute atomic E-state index is 12.5. The number of aromatic nitrogens is 4. The van der Waals surface area contributed by atoms with Crippen LogP contribution in [0.15, 0.2) is 41.1 Å². The van der Waals surface area contributed by atoms with Gasteiger partial charge in [-0.3, -0.25) is 0 Å². The summed E-state index contributed by atoms with van der Waals surface area (Å²) in [5.41, 5.74) is 2.45. The van der Waals surface area contributed by atoms with Crippen molar-refractivity contribution in [3.63, 3.8) is 0 Å². The third kappa shape index (κ3) is 4.33. The number of aryl methyl sites for hydroxylation is 1. The number of likely N-dealkylation sites (N-methyl/N-ethyl adjacent to an activating group) is 1. The van der Waals surface area contributed by atoms with Gasteiger partial charge in [-0.1, -0.05) is 17.3 Å². The van der Waals surface area contributed by atoms with Crippen LogP contribution in [0.3, 0.4) is 0 Å². The summed E-state index contributed by atoms with van der Waals surface area (Å²) in [7, 11) is 1.74. The normalized spacial score (nSPS) is 13.4. The fraction of sp³-hybridized carbons (Fsp3) is 0.350. The quantitative estimate of drug-likeness (QED) is 0.706. The zero-order valence-electron chi connectivity index (χ0n) is 15.9. The van der Waals surface area contributed by atoms with Crippen LogP contribution in [0, 0.1) is 6.92 Å². The molecule has 28 heavy (non-hydrogen) atoms. The molecule has 1 aliphatic carbocycles. The van der Waals surface area contributed by atoms with Crippen LogP contribution >= 0.6 is 0 Å². The molecule has 0 bridgehead atoms. The van der Waals surface area contributed by atoms with E-state index < -0.39 is 0 Å². The van der Waals surface area contributed by atoms with Gasteiger partial charge in [-0.05, 0) is 38.0 Å². The Bertz CT molecular complexity index is 982. The number of nitrogens with one attached hydrogen (secondary N) is 1. The first-order valence-electron chi connectivity index (χ1n) is 9.33. The Morgan fingerprint density at radius 3 is 2.93 bits per heavy atom. The SMILES string of the molecule is Cc1nccc(-c2cccc(NC(=O)N(C)CCc3noc(C4CC4)n3)c2)n1. The van der Waals surface area contributed by atoms with Crippen molar-refractivity contribution >= 4 is 11.7 Å². The smallest absolute Gasteiger partial charge is 0.321 e. The van der Waals surface area contributed by atoms with Gasteiger partial charge in [0.05, 0.1) is 5.69 Å². The van der Waals surface area contributed by atoms with Crippen LogP contribution in [0.2, 0.25) is 0 Å². The fourth-order valence-electron chi connectivity index (χ4n) is 2.83. The first-order valence-corrected chi connectivity index (χ1v) is 9.33. The minimum absolute atomic E-state index is 0.193. The van der Waals surface area contributed by atoms with E-state index in [0.29, 0.717) is 36.2 Å². The van der Waals surface area contributed by atoms with Crippen LogP contribution in [0.25, 0.3) is 11.3 Å². The molecule has 0 saturated heterocycles. The van der Waals surface area contributed by atoms with Gasteiger partial charge in [-0.25, -0.2) is 14.8 Å². The van der Waals surface area contributed by atoms with Crippen molar-refractivity contribution in [1.82, 2.24) is 25.0 Å². The lowest BCUT2D eigenvalue weighted by Gasteiger charge is -2.17. The lowest BCUT2D eigenvalue weighted by molar-refractivity contribution is 0.222. The van der Waals surface area contributed by atoms with Crippen molar-refractivity contribution < 1.29 is 9.32 Å². The van der Waals surface area contributed by atoms with Gasteiger partial charge >= 0.3 is 6.03 Å². The predicted molar refractivity (Wildman–Crippen MR) is 104 cm³/mol. The van der Waals surface area contributed by atoms with Gasteiger partial charge in [0.25, 0.3) is 0 Å². The summed E-state index contributed by atoms with van der Waals surface area (Å²) in [5.74, 6) is 2.51. The second-order valence-corrected chi connectivity index (χ2v) is 6.99. The summed E-state index contributed by atoms with van der Waals surface area (Å²) in [6.07, 6.45) is 4.53. The molecule has 0 radical (unpaired) electrons. The summed E-state index contributed by atoms with van der Waals surface area (Å²) in [6, 6.07) is 9.25. The Morgan fingerprint density at radius 1 is 1.29 bits per heavy atom. The molecule has 3 aromatic rings. The lowest BCUT2D eigenvalue weighted by Crippen LogP contribution is -2.33. The molecule has 144 valence electrons. The van der Waals surface area contributed by atoms with E-state index >= 15 is 0 Å². The van der Waals surface area contributed by atoms with Crippen molar-refractivity contribution in [3.8, 4) is 11.3 Å². The number of carbonyl (C=O) groups is 1. The predicted octanol–water partition coefficient (Wildman–Crippen LogP) is 3.42. The number of anilines is 1. The molecule has 0 unspecified atom stereocenters. The number of hydrogen-bond acceptors (Lipinski definition) is 6. The van der Waals surface area contributed by atoms with Gasteiger partial charge in [0, 0.05) is 43.4 Å². The molecule has 4 rings (SSSR count). The summed E-state index contributed by atoms with van der Waals surface area (Å²) in [6.45, 7) is 2.35. The molecular weight excluding hydrogens is 356 g/mol. The molecule has 8 nitrogen and oxygen atoms in total. The molecular formula is C20H22N6O2. The van der Waals surface area contributed by atoms with E-state index in [9.17, 15) is 4.79 Å². The van der Waals surface area contributed by atoms with Crippen molar-refractivity contribution in [2.75, 3.05) is 18.9 Å². The van der Waals surface area contributed by atoms with Crippen LogP contribution in [0.4, 0.5) is 10.5 Å². The Kier molecular flexibility index (Phi) is 5.01. The highest BCUT2D eigenvalue weighted by molar-refractivity contribution is 5.89. The molecule has 1 saturated carbocycles. The van der Waals surface area contributed by atoms with Crippen LogP contribution in [0.1, 0.15) is 36.3 Å². The van der Waals surface area contributed by atoms with E-state index in [1.54, 1.807) is 18.1 Å². The van der Waals surface area contributed by atoms with Crippen LogP contribution in [0.5, 0.6) is 0 Å². The van der Waals surface area contributed by atoms with Gasteiger partial charge in [0.2, 0.25) is 5.89 Å². The Balaban J connectivity index is 1.35. The van der Waals surface area contributed by atoms with Gasteiger partial charge in [0.15, 0.2) is 5.82 Å². The number of benzene rings is 1. The molecule has 2 aromatic heterocycles. The van der Waals surface area contributed by atoms with Gasteiger partial charge in [0.1, 0.15) is 5.82 Å². The molecule has 2 heterocycles. The highest BCUT2D eigenvalue weighted by atomic mass is 16.5. The summed E-state index contributed by atoms with van der Waals surface area (Å²) < 4.78 is 5.25. The monoisotopic (exact) mass is 378 g/mol. The Morgan fingerprint density at radius 2 is 2.14 bits per heavy atom. The van der Waals surface area contributed by atoms with E-state index in [0.717, 1.165) is 30.0 Å². The highest BCUT2D eigenvalue weighted by Gasteiger charge is 2.29. The first kappa shape index (κ1) is 18.1. The van der Waals surface area contributed by atoms with Crippen molar-refractivity contribution in [2.45, 2.75) is 32.1 Å². The maximum Gasteiger partial charge on any atom is 0.321 e. The van der Waals surface area contributed by atoms with Gasteiger partial charge in [-0.2, -0.15) is 4.98 Å². The molecule has 0 atom stereocenters. The number of rotatable bonds is 6. The molecule has 0 aliphatic heterocycles. The summed E-state index contributed by atoms with van der Waals surface area (Å²) in [5, 5.41) is 6.90. The third-order valence-corrected chi connectivity index (χ3v) is 4.61. The van der Waals surface area contributed by atoms with Crippen molar-refractivity contribution in [1.29, 1.82) is 0 Å². The van der Waals surface area contributed by atoms with Gasteiger partial charge < -0.3 is 14.7 Å². The average molecular weight is 378 g/mol. The largest absolute Gasteiger partial charge is 0.339 e. The van der Waals surface area contributed by atoms with Gasteiger partial charge in [-0.15, -0.1) is 0 Å². The molecule has 1 aromatic carbocycles. The standard InChI is InChI=1S/C20H22N6O2/c1-13-21-10-8-17(22-13)15-4-3-5-16(12-15)23-20(27)26(2)11-9-18-24-19(28-25-18)14-6-7-14/h3-5,8,10,12,14H,6-7,9,11H2,1-2H3,(H,23,27). The number of carbonyl (C=O) groups excluding carboxylic acids is 1. The lowest BCUT2D eigenvalue weighted by atomic mass is 10.1. The molecule has 1 N–H and O–H groups in total. The first-order chi connectivity index (χ1) is 13.6. The highest BCUT2D eigenvalue weighted by Crippen LogP contribution is 2.38. The molecule has 8 heteroatoms. The zero-order chi connectivity index (χ0) is 19.5. The maximum atomic E-state index is 12.5. The molecule has 0 spiro atoms. The van der Waals surface area contributed by atoms with E-state index in [1.807, 2.05) is 37.3 Å². The number of hydrogen-bond donors (Lipinski definition) is 1. The third-order valence-electron chi connectivity index (χ3n) is 4.61. The Hall–Kier alpha value is -3.29. The van der Waals surface area contributed by atoms with E-state index in [2.05, 4.69) is 25.4 Å². The summed E-state index contributed by atoms with van der Waals surface area (Å²) in [4.78, 5) is 27.0.